The first-order chi connectivity index (χ1) is 11.7. The predicted octanol–water partition coefficient (Wildman–Crippen LogP) is 1.96. The van der Waals surface area contributed by atoms with Crippen LogP contribution in [-0.2, 0) is 4.79 Å². The van der Waals surface area contributed by atoms with Gasteiger partial charge in [0, 0.05) is 37.7 Å². The van der Waals surface area contributed by atoms with Gasteiger partial charge in [-0.25, -0.2) is 0 Å². The minimum Gasteiger partial charge on any atom is -0.331 e. The maximum atomic E-state index is 12.7. The van der Waals surface area contributed by atoms with Crippen molar-refractivity contribution in [3.8, 4) is 0 Å². The van der Waals surface area contributed by atoms with Crippen molar-refractivity contribution in [1.82, 2.24) is 15.1 Å². The van der Waals surface area contributed by atoms with E-state index in [-0.39, 0.29) is 5.91 Å². The molecule has 2 atom stereocenters. The summed E-state index contributed by atoms with van der Waals surface area (Å²) in [6.07, 6.45) is 12.5. The Kier molecular flexibility index (Phi) is 4.59. The molecular formula is C20H29N3O. The van der Waals surface area contributed by atoms with E-state index in [4.69, 9.17) is 0 Å². The van der Waals surface area contributed by atoms with Crippen LogP contribution in [-0.4, -0.2) is 61.0 Å². The van der Waals surface area contributed by atoms with Crippen molar-refractivity contribution < 1.29 is 4.79 Å². The fraction of sp³-hybridized carbons (Fsp3) is 0.650. The minimum atomic E-state index is 0.245. The standard InChI is InChI=1S/C20H29N3O/c1-15-5-9-22(10-6-15)12-8-21-14-18-13-17-4-2-3-16-7-11-23(19(16)17)20(18)24/h2-4,13,15-16,19,21H,5-12,14H2,1H3. The lowest BCUT2D eigenvalue weighted by molar-refractivity contribution is -0.128. The number of hydrogen-bond acceptors (Lipinski definition) is 3. The van der Waals surface area contributed by atoms with Crippen LogP contribution in [0.4, 0.5) is 0 Å². The zero-order chi connectivity index (χ0) is 16.5. The molecule has 0 aromatic carbocycles. The topological polar surface area (TPSA) is 35.6 Å². The summed E-state index contributed by atoms with van der Waals surface area (Å²) in [7, 11) is 0. The van der Waals surface area contributed by atoms with Gasteiger partial charge in [-0.2, -0.15) is 0 Å². The molecule has 1 amide bonds. The number of hydrogen-bond donors (Lipinski definition) is 1. The van der Waals surface area contributed by atoms with Crippen LogP contribution in [0.1, 0.15) is 26.2 Å². The second-order valence-electron chi connectivity index (χ2n) is 7.82. The minimum absolute atomic E-state index is 0.245. The number of amides is 1. The highest BCUT2D eigenvalue weighted by Crippen LogP contribution is 2.37. The van der Waals surface area contributed by atoms with Gasteiger partial charge in [0.05, 0.1) is 6.04 Å². The molecule has 3 aliphatic heterocycles. The maximum Gasteiger partial charge on any atom is 0.251 e. The molecule has 4 nitrogen and oxygen atoms in total. The summed E-state index contributed by atoms with van der Waals surface area (Å²) in [6.45, 7) is 8.44. The van der Waals surface area contributed by atoms with Gasteiger partial charge in [0.15, 0.2) is 0 Å². The molecular weight excluding hydrogens is 298 g/mol. The zero-order valence-corrected chi connectivity index (χ0v) is 14.7. The van der Waals surface area contributed by atoms with Gasteiger partial charge in [-0.05, 0) is 49.9 Å². The van der Waals surface area contributed by atoms with Gasteiger partial charge in [-0.15, -0.1) is 0 Å². The van der Waals surface area contributed by atoms with E-state index in [1.54, 1.807) is 0 Å². The highest BCUT2D eigenvalue weighted by atomic mass is 16.2. The van der Waals surface area contributed by atoms with Crippen LogP contribution in [0.2, 0.25) is 0 Å². The second-order valence-corrected chi connectivity index (χ2v) is 7.82. The van der Waals surface area contributed by atoms with Gasteiger partial charge in [-0.1, -0.05) is 25.2 Å². The quantitative estimate of drug-likeness (QED) is 0.784. The third kappa shape index (κ3) is 3.09. The molecule has 2 saturated heterocycles. The van der Waals surface area contributed by atoms with Crippen LogP contribution in [0.5, 0.6) is 0 Å². The number of nitrogens with one attached hydrogen (secondary N) is 1. The Hall–Kier alpha value is -1.39. The highest BCUT2D eigenvalue weighted by Gasteiger charge is 2.41. The van der Waals surface area contributed by atoms with E-state index in [9.17, 15) is 4.79 Å². The average Bonchev–Trinajstić information content (AvgIpc) is 3.03. The van der Waals surface area contributed by atoms with E-state index in [1.807, 2.05) is 0 Å². The molecule has 0 radical (unpaired) electrons. The van der Waals surface area contributed by atoms with E-state index in [2.05, 4.69) is 46.3 Å². The Balaban J connectivity index is 1.30. The first-order valence-corrected chi connectivity index (χ1v) is 9.55. The molecule has 4 rings (SSSR count). The van der Waals surface area contributed by atoms with Crippen molar-refractivity contribution in [3.05, 3.63) is 35.5 Å². The SMILES string of the molecule is CC1CCN(CCNCC2=CC3=CC=CC4CCN(C2=O)C34)CC1. The zero-order valence-electron chi connectivity index (χ0n) is 14.7. The molecule has 130 valence electrons. The lowest BCUT2D eigenvalue weighted by Gasteiger charge is -2.35. The largest absolute Gasteiger partial charge is 0.331 e. The Morgan fingerprint density at radius 3 is 2.88 bits per heavy atom. The molecule has 0 saturated carbocycles. The van der Waals surface area contributed by atoms with Crippen molar-refractivity contribution in [2.75, 3.05) is 39.3 Å². The van der Waals surface area contributed by atoms with E-state index < -0.39 is 0 Å². The Labute approximate surface area is 145 Å². The monoisotopic (exact) mass is 327 g/mol. The number of nitrogens with zero attached hydrogens (tertiary/aromatic N) is 2. The number of rotatable bonds is 5. The lowest BCUT2D eigenvalue weighted by Crippen LogP contribution is -2.45. The van der Waals surface area contributed by atoms with Gasteiger partial charge in [-0.3, -0.25) is 4.79 Å². The van der Waals surface area contributed by atoms with E-state index in [0.29, 0.717) is 18.5 Å². The van der Waals surface area contributed by atoms with Gasteiger partial charge >= 0.3 is 0 Å². The number of carbonyl (C=O) groups excluding carboxylic acids is 1. The van der Waals surface area contributed by atoms with Gasteiger partial charge in [0.2, 0.25) is 0 Å². The van der Waals surface area contributed by atoms with Crippen molar-refractivity contribution in [2.45, 2.75) is 32.2 Å². The summed E-state index contributed by atoms with van der Waals surface area (Å²) >= 11 is 0. The fourth-order valence-electron chi connectivity index (χ4n) is 4.53. The Morgan fingerprint density at radius 2 is 2.04 bits per heavy atom. The highest BCUT2D eigenvalue weighted by molar-refractivity contribution is 5.97. The summed E-state index contributed by atoms with van der Waals surface area (Å²) in [5.41, 5.74) is 2.25. The van der Waals surface area contributed by atoms with Crippen LogP contribution in [0.3, 0.4) is 0 Å². The molecule has 2 unspecified atom stereocenters. The molecule has 0 bridgehead atoms. The van der Waals surface area contributed by atoms with Crippen molar-refractivity contribution in [3.63, 3.8) is 0 Å². The maximum absolute atomic E-state index is 12.7. The normalized spacial score (nSPS) is 30.4. The molecule has 4 heteroatoms. The number of likely N-dealkylation sites (tertiary alicyclic amines) is 1. The molecule has 0 aromatic heterocycles. The first-order valence-electron chi connectivity index (χ1n) is 9.55. The average molecular weight is 327 g/mol. The molecule has 2 fully saturated rings. The van der Waals surface area contributed by atoms with Gasteiger partial charge in [0.1, 0.15) is 0 Å². The molecule has 0 aromatic rings. The number of allylic oxidation sites excluding steroid dienone is 2. The second kappa shape index (κ2) is 6.85. The van der Waals surface area contributed by atoms with E-state index >= 15 is 0 Å². The molecule has 24 heavy (non-hydrogen) atoms. The molecule has 1 N–H and O–H groups in total. The van der Waals surface area contributed by atoms with Crippen LogP contribution in [0.15, 0.2) is 35.5 Å². The summed E-state index contributed by atoms with van der Waals surface area (Å²) in [4.78, 5) is 17.4. The van der Waals surface area contributed by atoms with Gasteiger partial charge in [0.25, 0.3) is 5.91 Å². The molecule has 4 aliphatic rings. The smallest absolute Gasteiger partial charge is 0.251 e. The third-order valence-corrected chi connectivity index (χ3v) is 6.11. The van der Waals surface area contributed by atoms with Crippen LogP contribution in [0.25, 0.3) is 0 Å². The summed E-state index contributed by atoms with van der Waals surface area (Å²) in [6, 6.07) is 0.307. The van der Waals surface area contributed by atoms with Crippen molar-refractivity contribution in [1.29, 1.82) is 0 Å². The van der Waals surface area contributed by atoms with E-state index in [1.165, 1.54) is 31.5 Å². The summed E-state index contributed by atoms with van der Waals surface area (Å²) in [5.74, 6) is 1.66. The van der Waals surface area contributed by atoms with Crippen LogP contribution >= 0.6 is 0 Å². The molecule has 0 spiro atoms. The molecule has 3 heterocycles. The predicted molar refractivity (Wildman–Crippen MR) is 96.6 cm³/mol. The summed E-state index contributed by atoms with van der Waals surface area (Å²) in [5, 5.41) is 3.50. The number of carbonyl (C=O) groups is 1. The first kappa shape index (κ1) is 16.1. The van der Waals surface area contributed by atoms with Crippen LogP contribution in [0, 0.1) is 11.8 Å². The van der Waals surface area contributed by atoms with Crippen molar-refractivity contribution >= 4 is 5.91 Å². The Morgan fingerprint density at radius 1 is 1.21 bits per heavy atom. The van der Waals surface area contributed by atoms with Gasteiger partial charge < -0.3 is 15.1 Å². The molecule has 1 aliphatic carbocycles. The van der Waals surface area contributed by atoms with Crippen molar-refractivity contribution in [2.24, 2.45) is 11.8 Å². The van der Waals surface area contributed by atoms with E-state index in [0.717, 1.165) is 37.5 Å². The Bertz CT molecular complexity index is 584. The third-order valence-electron chi connectivity index (χ3n) is 6.11. The summed E-state index contributed by atoms with van der Waals surface area (Å²) < 4.78 is 0. The lowest BCUT2D eigenvalue weighted by atomic mass is 9.86. The fourth-order valence-corrected chi connectivity index (χ4v) is 4.53. The van der Waals surface area contributed by atoms with Crippen LogP contribution < -0.4 is 5.32 Å². The number of piperidine rings is 1.